The fourth-order valence-electron chi connectivity index (χ4n) is 1.77. The molecule has 2 rings (SSSR count). The van der Waals surface area contributed by atoms with Gasteiger partial charge in [-0.15, -0.1) is 11.3 Å². The molecule has 1 unspecified atom stereocenters. The summed E-state index contributed by atoms with van der Waals surface area (Å²) in [6, 6.07) is 11.8. The SMILES string of the molecule is CC(O)(CNCc1sccc1Br)c1ccccc1. The number of hydrogen-bond acceptors (Lipinski definition) is 3. The molecular formula is C14H16BrNOS. The highest BCUT2D eigenvalue weighted by Crippen LogP contribution is 2.23. The summed E-state index contributed by atoms with van der Waals surface area (Å²) in [7, 11) is 0. The topological polar surface area (TPSA) is 32.3 Å². The van der Waals surface area contributed by atoms with Crippen LogP contribution in [0.15, 0.2) is 46.3 Å². The van der Waals surface area contributed by atoms with Crippen molar-refractivity contribution >= 4 is 27.3 Å². The molecule has 1 aromatic heterocycles. The Morgan fingerprint density at radius 1 is 1.28 bits per heavy atom. The average molecular weight is 326 g/mol. The van der Waals surface area contributed by atoms with Crippen LogP contribution in [0.5, 0.6) is 0 Å². The van der Waals surface area contributed by atoms with Crippen LogP contribution < -0.4 is 5.32 Å². The van der Waals surface area contributed by atoms with Crippen LogP contribution in [0.2, 0.25) is 0 Å². The summed E-state index contributed by atoms with van der Waals surface area (Å²) in [5.41, 5.74) is 0.0908. The van der Waals surface area contributed by atoms with Crippen LogP contribution in [0, 0.1) is 0 Å². The molecule has 0 fully saturated rings. The van der Waals surface area contributed by atoms with Gasteiger partial charge in [-0.2, -0.15) is 0 Å². The number of rotatable bonds is 5. The van der Waals surface area contributed by atoms with Crippen molar-refractivity contribution in [2.45, 2.75) is 19.1 Å². The third-order valence-corrected chi connectivity index (χ3v) is 4.77. The zero-order chi connectivity index (χ0) is 13.0. The van der Waals surface area contributed by atoms with E-state index in [0.717, 1.165) is 16.6 Å². The van der Waals surface area contributed by atoms with Gasteiger partial charge in [-0.1, -0.05) is 30.3 Å². The zero-order valence-corrected chi connectivity index (χ0v) is 12.6. The van der Waals surface area contributed by atoms with Gasteiger partial charge in [0.2, 0.25) is 0 Å². The summed E-state index contributed by atoms with van der Waals surface area (Å²) in [6.45, 7) is 3.13. The Kier molecular flexibility index (Phi) is 4.56. The minimum atomic E-state index is -0.842. The molecule has 18 heavy (non-hydrogen) atoms. The van der Waals surface area contributed by atoms with Gasteiger partial charge in [0.25, 0.3) is 0 Å². The second kappa shape index (κ2) is 5.97. The molecule has 2 aromatic rings. The molecule has 1 heterocycles. The number of nitrogens with one attached hydrogen (secondary N) is 1. The average Bonchev–Trinajstić information content (AvgIpc) is 2.76. The fourth-order valence-corrected chi connectivity index (χ4v) is 3.23. The maximum atomic E-state index is 10.4. The van der Waals surface area contributed by atoms with Gasteiger partial charge in [-0.05, 0) is 39.9 Å². The third kappa shape index (κ3) is 3.42. The zero-order valence-electron chi connectivity index (χ0n) is 10.2. The molecule has 0 aliphatic heterocycles. The molecule has 0 aliphatic carbocycles. The van der Waals surface area contributed by atoms with Crippen LogP contribution in [-0.4, -0.2) is 11.7 Å². The summed E-state index contributed by atoms with van der Waals surface area (Å²) in [6.07, 6.45) is 0. The van der Waals surface area contributed by atoms with E-state index in [2.05, 4.69) is 26.6 Å². The molecule has 0 amide bonds. The van der Waals surface area contributed by atoms with Gasteiger partial charge in [0.1, 0.15) is 0 Å². The predicted octanol–water partition coefficient (Wildman–Crippen LogP) is 3.51. The Hall–Kier alpha value is -0.680. The number of thiophene rings is 1. The lowest BCUT2D eigenvalue weighted by molar-refractivity contribution is 0.0567. The Balaban J connectivity index is 1.92. The molecule has 0 saturated carbocycles. The van der Waals surface area contributed by atoms with Crippen LogP contribution in [0.25, 0.3) is 0 Å². The second-order valence-corrected chi connectivity index (χ2v) is 6.29. The van der Waals surface area contributed by atoms with E-state index in [1.807, 2.05) is 43.3 Å². The van der Waals surface area contributed by atoms with Crippen molar-refractivity contribution in [1.29, 1.82) is 0 Å². The normalized spacial score (nSPS) is 14.4. The smallest absolute Gasteiger partial charge is 0.0992 e. The Bertz CT molecular complexity index is 496. The van der Waals surface area contributed by atoms with Crippen molar-refractivity contribution in [3.05, 3.63) is 56.7 Å². The molecule has 4 heteroatoms. The van der Waals surface area contributed by atoms with Crippen LogP contribution >= 0.6 is 27.3 Å². The van der Waals surface area contributed by atoms with Gasteiger partial charge in [-0.25, -0.2) is 0 Å². The summed E-state index contributed by atoms with van der Waals surface area (Å²) >= 11 is 5.20. The van der Waals surface area contributed by atoms with Gasteiger partial charge in [0, 0.05) is 22.4 Å². The molecule has 2 N–H and O–H groups in total. The molecular weight excluding hydrogens is 310 g/mol. The van der Waals surface area contributed by atoms with Crippen LogP contribution in [0.4, 0.5) is 0 Å². The summed E-state index contributed by atoms with van der Waals surface area (Å²) in [5.74, 6) is 0. The van der Waals surface area contributed by atoms with E-state index in [0.29, 0.717) is 6.54 Å². The molecule has 0 aliphatic rings. The first kappa shape index (κ1) is 13.7. The van der Waals surface area contributed by atoms with Crippen LogP contribution in [-0.2, 0) is 12.1 Å². The summed E-state index contributed by atoms with van der Waals surface area (Å²) in [5, 5.41) is 15.8. The fraction of sp³-hybridized carbons (Fsp3) is 0.286. The second-order valence-electron chi connectivity index (χ2n) is 4.44. The van der Waals surface area contributed by atoms with E-state index in [4.69, 9.17) is 0 Å². The summed E-state index contributed by atoms with van der Waals surface area (Å²) < 4.78 is 1.12. The molecule has 0 radical (unpaired) electrons. The first-order valence-corrected chi connectivity index (χ1v) is 7.47. The largest absolute Gasteiger partial charge is 0.384 e. The Labute approximate surface area is 120 Å². The van der Waals surface area contributed by atoms with Crippen molar-refractivity contribution in [2.24, 2.45) is 0 Å². The highest BCUT2D eigenvalue weighted by Gasteiger charge is 2.22. The highest BCUT2D eigenvalue weighted by atomic mass is 79.9. The van der Waals surface area contributed by atoms with Gasteiger partial charge < -0.3 is 10.4 Å². The maximum absolute atomic E-state index is 10.4. The first-order chi connectivity index (χ1) is 8.59. The maximum Gasteiger partial charge on any atom is 0.0992 e. The van der Waals surface area contributed by atoms with Gasteiger partial charge in [0.05, 0.1) is 5.60 Å². The van der Waals surface area contributed by atoms with E-state index in [9.17, 15) is 5.11 Å². The van der Waals surface area contributed by atoms with Crippen molar-refractivity contribution < 1.29 is 5.11 Å². The third-order valence-electron chi connectivity index (χ3n) is 2.84. The molecule has 1 aromatic carbocycles. The van der Waals surface area contributed by atoms with E-state index < -0.39 is 5.60 Å². The van der Waals surface area contributed by atoms with Crippen LogP contribution in [0.1, 0.15) is 17.4 Å². The lowest BCUT2D eigenvalue weighted by Gasteiger charge is -2.24. The van der Waals surface area contributed by atoms with Crippen LogP contribution in [0.3, 0.4) is 0 Å². The molecule has 1 atom stereocenters. The lowest BCUT2D eigenvalue weighted by atomic mass is 9.96. The van der Waals surface area contributed by atoms with Gasteiger partial charge >= 0.3 is 0 Å². The number of aliphatic hydroxyl groups is 1. The highest BCUT2D eigenvalue weighted by molar-refractivity contribution is 9.10. The molecule has 0 saturated heterocycles. The standard InChI is InChI=1S/C14H16BrNOS/c1-14(17,11-5-3-2-4-6-11)10-16-9-13-12(15)7-8-18-13/h2-8,16-17H,9-10H2,1H3. The number of halogens is 1. The molecule has 2 nitrogen and oxygen atoms in total. The van der Waals surface area contributed by atoms with Crippen molar-refractivity contribution in [1.82, 2.24) is 5.32 Å². The Morgan fingerprint density at radius 2 is 2.00 bits per heavy atom. The number of benzene rings is 1. The molecule has 0 spiro atoms. The number of hydrogen-bond donors (Lipinski definition) is 2. The lowest BCUT2D eigenvalue weighted by Crippen LogP contribution is -2.35. The summed E-state index contributed by atoms with van der Waals surface area (Å²) in [4.78, 5) is 1.25. The van der Waals surface area contributed by atoms with E-state index in [-0.39, 0.29) is 0 Å². The van der Waals surface area contributed by atoms with E-state index in [1.54, 1.807) is 11.3 Å². The quantitative estimate of drug-likeness (QED) is 0.881. The van der Waals surface area contributed by atoms with Crippen molar-refractivity contribution in [2.75, 3.05) is 6.54 Å². The molecule has 96 valence electrons. The van der Waals surface area contributed by atoms with E-state index >= 15 is 0 Å². The predicted molar refractivity (Wildman–Crippen MR) is 79.7 cm³/mol. The monoisotopic (exact) mass is 325 g/mol. The molecule has 0 bridgehead atoms. The van der Waals surface area contributed by atoms with Gasteiger partial charge in [0.15, 0.2) is 0 Å². The minimum absolute atomic E-state index is 0.529. The van der Waals surface area contributed by atoms with Crippen molar-refractivity contribution in [3.8, 4) is 0 Å². The first-order valence-electron chi connectivity index (χ1n) is 5.80. The Morgan fingerprint density at radius 3 is 2.61 bits per heavy atom. The van der Waals surface area contributed by atoms with Gasteiger partial charge in [-0.3, -0.25) is 0 Å². The minimum Gasteiger partial charge on any atom is -0.384 e. The van der Waals surface area contributed by atoms with E-state index in [1.165, 1.54) is 4.88 Å². The van der Waals surface area contributed by atoms with Crippen molar-refractivity contribution in [3.63, 3.8) is 0 Å².